The first-order valence-corrected chi connectivity index (χ1v) is 6.98. The lowest BCUT2D eigenvalue weighted by molar-refractivity contribution is -0.385. The molecule has 0 bridgehead atoms. The van der Waals surface area contributed by atoms with E-state index in [4.69, 9.17) is 5.11 Å². The number of carbonyl (C=O) groups is 2. The average molecular weight is 332 g/mol. The van der Waals surface area contributed by atoms with Gasteiger partial charge in [-0.2, -0.15) is 5.10 Å². The van der Waals surface area contributed by atoms with Crippen LogP contribution in [0, 0.1) is 17.0 Å². The Hall–Kier alpha value is -3.23. The molecule has 2 aromatic rings. The fraction of sp³-hybridized carbons (Fsp3) is 0.267. The van der Waals surface area contributed by atoms with E-state index >= 15 is 0 Å². The number of nitro groups is 1. The van der Waals surface area contributed by atoms with E-state index in [-0.39, 0.29) is 11.3 Å². The molecule has 0 aliphatic rings. The van der Waals surface area contributed by atoms with Crippen molar-refractivity contribution in [3.63, 3.8) is 0 Å². The number of carboxylic acids is 1. The molecule has 0 fully saturated rings. The highest BCUT2D eigenvalue weighted by Crippen LogP contribution is 2.21. The zero-order valence-electron chi connectivity index (χ0n) is 13.3. The molecule has 1 aromatic heterocycles. The third-order valence-corrected chi connectivity index (χ3v) is 3.59. The third-order valence-electron chi connectivity index (χ3n) is 3.59. The van der Waals surface area contributed by atoms with Gasteiger partial charge in [-0.05, 0) is 32.9 Å². The van der Waals surface area contributed by atoms with Crippen LogP contribution >= 0.6 is 0 Å². The maximum atomic E-state index is 12.2. The van der Waals surface area contributed by atoms with E-state index in [0.29, 0.717) is 11.3 Å². The van der Waals surface area contributed by atoms with Crippen molar-refractivity contribution < 1.29 is 19.6 Å². The number of aryl methyl sites for hydroxylation is 1. The minimum absolute atomic E-state index is 0.0671. The number of aromatic nitrogens is 2. The first kappa shape index (κ1) is 17.1. The second-order valence-corrected chi connectivity index (χ2v) is 5.75. The molecule has 2 N–H and O–H groups in total. The Labute approximate surface area is 137 Å². The van der Waals surface area contributed by atoms with Gasteiger partial charge in [-0.3, -0.25) is 19.6 Å². The van der Waals surface area contributed by atoms with Gasteiger partial charge in [-0.1, -0.05) is 0 Å². The minimum atomic E-state index is -1.26. The lowest BCUT2D eigenvalue weighted by Crippen LogP contribution is -2.35. The summed E-state index contributed by atoms with van der Waals surface area (Å²) in [5, 5.41) is 26.5. The molecule has 9 nitrogen and oxygen atoms in total. The third kappa shape index (κ3) is 3.24. The molecule has 1 heterocycles. The second-order valence-electron chi connectivity index (χ2n) is 5.75. The van der Waals surface area contributed by atoms with Gasteiger partial charge in [0, 0.05) is 23.4 Å². The summed E-state index contributed by atoms with van der Waals surface area (Å²) in [6.45, 7) is 4.50. The molecule has 0 aliphatic carbocycles. The van der Waals surface area contributed by atoms with Gasteiger partial charge in [-0.15, -0.1) is 0 Å². The summed E-state index contributed by atoms with van der Waals surface area (Å²) in [6.07, 6.45) is 2.74. The van der Waals surface area contributed by atoms with Crippen LogP contribution in [0.5, 0.6) is 0 Å². The predicted molar refractivity (Wildman–Crippen MR) is 85.0 cm³/mol. The zero-order valence-corrected chi connectivity index (χ0v) is 13.3. The number of benzene rings is 1. The van der Waals surface area contributed by atoms with Crippen LogP contribution in [0.1, 0.15) is 29.8 Å². The van der Waals surface area contributed by atoms with Crippen molar-refractivity contribution in [2.24, 2.45) is 0 Å². The maximum absolute atomic E-state index is 12.2. The van der Waals surface area contributed by atoms with Gasteiger partial charge in [0.15, 0.2) is 5.54 Å². The van der Waals surface area contributed by atoms with E-state index in [1.807, 2.05) is 0 Å². The first-order valence-electron chi connectivity index (χ1n) is 6.98. The molecule has 1 amide bonds. The van der Waals surface area contributed by atoms with Crippen molar-refractivity contribution in [2.75, 3.05) is 5.32 Å². The number of aliphatic carboxylic acids is 1. The summed E-state index contributed by atoms with van der Waals surface area (Å²) < 4.78 is 1.23. The van der Waals surface area contributed by atoms with Crippen LogP contribution < -0.4 is 5.32 Å². The monoisotopic (exact) mass is 332 g/mol. The highest BCUT2D eigenvalue weighted by atomic mass is 16.6. The van der Waals surface area contributed by atoms with Crippen LogP contribution in [0.15, 0.2) is 30.6 Å². The predicted octanol–water partition coefficient (Wildman–Crippen LogP) is 2.17. The molecule has 126 valence electrons. The number of nitro benzene ring substituents is 1. The Morgan fingerprint density at radius 1 is 1.38 bits per heavy atom. The molecule has 0 radical (unpaired) electrons. The lowest BCUT2D eigenvalue weighted by Gasteiger charge is -2.19. The van der Waals surface area contributed by atoms with E-state index in [9.17, 15) is 19.7 Å². The second kappa shape index (κ2) is 6.11. The van der Waals surface area contributed by atoms with Crippen molar-refractivity contribution in [1.82, 2.24) is 9.78 Å². The Morgan fingerprint density at radius 3 is 2.58 bits per heavy atom. The molecule has 2 rings (SSSR count). The molecule has 24 heavy (non-hydrogen) atoms. The van der Waals surface area contributed by atoms with E-state index in [1.165, 1.54) is 49.1 Å². The molecule has 1 aromatic carbocycles. The molecule has 0 aliphatic heterocycles. The number of anilines is 1. The SMILES string of the molecule is Cc1cc(C(=O)Nc2cnn(C(C)(C)C(=O)O)c2)ccc1[N+](=O)[O-]. The van der Waals surface area contributed by atoms with Gasteiger partial charge in [0.05, 0.1) is 16.8 Å². The van der Waals surface area contributed by atoms with Crippen molar-refractivity contribution in [1.29, 1.82) is 0 Å². The van der Waals surface area contributed by atoms with Gasteiger partial charge < -0.3 is 10.4 Å². The van der Waals surface area contributed by atoms with Crippen LogP contribution in [-0.2, 0) is 10.3 Å². The quantitative estimate of drug-likeness (QED) is 0.638. The fourth-order valence-corrected chi connectivity index (χ4v) is 2.00. The average Bonchev–Trinajstić information content (AvgIpc) is 2.95. The largest absolute Gasteiger partial charge is 0.479 e. The number of hydrogen-bond acceptors (Lipinski definition) is 5. The Bertz CT molecular complexity index is 825. The standard InChI is InChI=1S/C15H16N4O5/c1-9-6-10(4-5-12(9)19(23)24)13(20)17-11-7-16-18(8-11)15(2,3)14(21)22/h4-8H,1-3H3,(H,17,20)(H,21,22). The number of amides is 1. The van der Waals surface area contributed by atoms with Crippen molar-refractivity contribution >= 4 is 23.3 Å². The summed E-state index contributed by atoms with van der Waals surface area (Å²) in [6, 6.07) is 4.03. The number of nitrogens with zero attached hydrogens (tertiary/aromatic N) is 3. The number of nitrogens with one attached hydrogen (secondary N) is 1. The van der Waals surface area contributed by atoms with E-state index in [2.05, 4.69) is 10.4 Å². The molecular weight excluding hydrogens is 316 g/mol. The van der Waals surface area contributed by atoms with Crippen LogP contribution in [-0.4, -0.2) is 31.7 Å². The number of hydrogen-bond donors (Lipinski definition) is 2. The van der Waals surface area contributed by atoms with Gasteiger partial charge in [0.1, 0.15) is 0 Å². The number of carbonyl (C=O) groups excluding carboxylic acids is 1. The van der Waals surface area contributed by atoms with E-state index in [1.54, 1.807) is 6.92 Å². The molecule has 0 saturated heterocycles. The summed E-state index contributed by atoms with van der Waals surface area (Å²) in [5.74, 6) is -1.53. The molecular formula is C15H16N4O5. The Kier molecular flexibility index (Phi) is 4.36. The van der Waals surface area contributed by atoms with Crippen LogP contribution in [0.4, 0.5) is 11.4 Å². The van der Waals surface area contributed by atoms with Crippen LogP contribution in [0.25, 0.3) is 0 Å². The van der Waals surface area contributed by atoms with Crippen molar-refractivity contribution in [3.05, 3.63) is 51.8 Å². The van der Waals surface area contributed by atoms with Crippen molar-refractivity contribution in [2.45, 2.75) is 26.3 Å². The maximum Gasteiger partial charge on any atom is 0.331 e. The first-order chi connectivity index (χ1) is 11.1. The minimum Gasteiger partial charge on any atom is -0.479 e. The summed E-state index contributed by atoms with van der Waals surface area (Å²) in [7, 11) is 0. The normalized spacial score (nSPS) is 11.1. The van der Waals surface area contributed by atoms with Gasteiger partial charge >= 0.3 is 5.97 Å². The number of carboxylic acid groups (broad SMARTS) is 1. The van der Waals surface area contributed by atoms with Gasteiger partial charge in [-0.25, -0.2) is 4.79 Å². The highest BCUT2D eigenvalue weighted by Gasteiger charge is 2.30. The topological polar surface area (TPSA) is 127 Å². The van der Waals surface area contributed by atoms with E-state index in [0.717, 1.165) is 0 Å². The Balaban J connectivity index is 2.19. The molecule has 0 atom stereocenters. The van der Waals surface area contributed by atoms with E-state index < -0.39 is 22.3 Å². The zero-order chi connectivity index (χ0) is 18.1. The number of rotatable bonds is 5. The van der Waals surface area contributed by atoms with Crippen molar-refractivity contribution in [3.8, 4) is 0 Å². The lowest BCUT2D eigenvalue weighted by atomic mass is 10.1. The van der Waals surface area contributed by atoms with Crippen LogP contribution in [0.2, 0.25) is 0 Å². The smallest absolute Gasteiger partial charge is 0.331 e. The fourth-order valence-electron chi connectivity index (χ4n) is 2.00. The molecule has 9 heteroatoms. The van der Waals surface area contributed by atoms with Crippen LogP contribution in [0.3, 0.4) is 0 Å². The summed E-state index contributed by atoms with van der Waals surface area (Å²) >= 11 is 0. The highest BCUT2D eigenvalue weighted by molar-refractivity contribution is 6.04. The molecule has 0 spiro atoms. The van der Waals surface area contributed by atoms with Gasteiger partial charge in [0.25, 0.3) is 11.6 Å². The van der Waals surface area contributed by atoms with Gasteiger partial charge in [0.2, 0.25) is 0 Å². The summed E-state index contributed by atoms with van der Waals surface area (Å²) in [5.41, 5.74) is -0.376. The molecule has 0 unspecified atom stereocenters. The molecule has 0 saturated carbocycles. The Morgan fingerprint density at radius 2 is 2.04 bits per heavy atom. The summed E-state index contributed by atoms with van der Waals surface area (Å²) in [4.78, 5) is 33.7.